The molecule has 26 heavy (non-hydrogen) atoms. The standard InChI is InChI=1S/C21H25N3O2/c1-14-7-3-6-10-18(14)15(2)23-20(25)13-24-12-17-9-5-4-8-16(17)11-19(24)21(22)26/h3-10,15,19H,11-13H2,1-2H3,(H2,22,26)(H,23,25)/t15-,19-/m1/s1. The van der Waals surface area contributed by atoms with E-state index in [1.165, 1.54) is 0 Å². The Kier molecular flexibility index (Phi) is 5.38. The van der Waals surface area contributed by atoms with Crippen LogP contribution in [0.15, 0.2) is 48.5 Å². The molecule has 5 nitrogen and oxygen atoms in total. The van der Waals surface area contributed by atoms with Gasteiger partial charge in [-0.1, -0.05) is 48.5 Å². The summed E-state index contributed by atoms with van der Waals surface area (Å²) in [6, 6.07) is 15.4. The molecule has 0 radical (unpaired) electrons. The summed E-state index contributed by atoms with van der Waals surface area (Å²) in [4.78, 5) is 26.3. The highest BCUT2D eigenvalue weighted by Gasteiger charge is 2.31. The predicted octanol–water partition coefficient (Wildman–Crippen LogP) is 2.08. The van der Waals surface area contributed by atoms with Crippen LogP contribution in [0.25, 0.3) is 0 Å². The lowest BCUT2D eigenvalue weighted by Gasteiger charge is -2.34. The average molecular weight is 351 g/mol. The van der Waals surface area contributed by atoms with Crippen molar-refractivity contribution in [3.8, 4) is 0 Å². The third-order valence-corrected chi connectivity index (χ3v) is 5.05. The molecule has 1 heterocycles. The minimum atomic E-state index is -0.454. The number of aryl methyl sites for hydroxylation is 1. The number of carbonyl (C=O) groups excluding carboxylic acids is 2. The first-order valence-corrected chi connectivity index (χ1v) is 8.90. The zero-order valence-electron chi connectivity index (χ0n) is 15.2. The molecule has 136 valence electrons. The van der Waals surface area contributed by atoms with E-state index in [1.807, 2.05) is 67.3 Å². The van der Waals surface area contributed by atoms with Crippen molar-refractivity contribution in [2.24, 2.45) is 5.73 Å². The molecule has 1 aliphatic heterocycles. The summed E-state index contributed by atoms with van der Waals surface area (Å²) in [5, 5.41) is 3.04. The van der Waals surface area contributed by atoms with Crippen LogP contribution in [-0.4, -0.2) is 29.3 Å². The van der Waals surface area contributed by atoms with E-state index in [-0.39, 0.29) is 24.4 Å². The van der Waals surface area contributed by atoms with Crippen molar-refractivity contribution < 1.29 is 9.59 Å². The molecular formula is C21H25N3O2. The zero-order chi connectivity index (χ0) is 18.7. The van der Waals surface area contributed by atoms with E-state index in [9.17, 15) is 9.59 Å². The highest BCUT2D eigenvalue weighted by Crippen LogP contribution is 2.23. The smallest absolute Gasteiger partial charge is 0.235 e. The van der Waals surface area contributed by atoms with Gasteiger partial charge in [-0.05, 0) is 42.5 Å². The maximum absolute atomic E-state index is 12.6. The average Bonchev–Trinajstić information content (AvgIpc) is 2.61. The second kappa shape index (κ2) is 7.70. The summed E-state index contributed by atoms with van der Waals surface area (Å²) in [7, 11) is 0. The fraction of sp³-hybridized carbons (Fsp3) is 0.333. The molecule has 3 N–H and O–H groups in total. The summed E-state index contributed by atoms with van der Waals surface area (Å²) < 4.78 is 0. The highest BCUT2D eigenvalue weighted by molar-refractivity contribution is 5.83. The van der Waals surface area contributed by atoms with Gasteiger partial charge in [0.15, 0.2) is 0 Å². The Balaban J connectivity index is 1.69. The van der Waals surface area contributed by atoms with E-state index < -0.39 is 6.04 Å². The number of benzene rings is 2. The summed E-state index contributed by atoms with van der Waals surface area (Å²) in [6.45, 7) is 4.70. The third-order valence-electron chi connectivity index (χ3n) is 5.05. The molecule has 3 rings (SSSR count). The number of hydrogen-bond acceptors (Lipinski definition) is 3. The van der Waals surface area contributed by atoms with Crippen LogP contribution in [0.3, 0.4) is 0 Å². The highest BCUT2D eigenvalue weighted by atomic mass is 16.2. The van der Waals surface area contributed by atoms with Gasteiger partial charge in [0.05, 0.1) is 18.6 Å². The van der Waals surface area contributed by atoms with Gasteiger partial charge in [0.25, 0.3) is 0 Å². The van der Waals surface area contributed by atoms with Crippen LogP contribution in [0.1, 0.15) is 35.2 Å². The number of nitrogens with one attached hydrogen (secondary N) is 1. The summed E-state index contributed by atoms with van der Waals surface area (Å²) in [5.74, 6) is -0.495. The summed E-state index contributed by atoms with van der Waals surface area (Å²) >= 11 is 0. The Morgan fingerprint density at radius 2 is 1.81 bits per heavy atom. The molecule has 0 aromatic heterocycles. The maximum Gasteiger partial charge on any atom is 0.235 e. The molecule has 0 spiro atoms. The summed E-state index contributed by atoms with van der Waals surface area (Å²) in [5.41, 5.74) is 10.1. The Hall–Kier alpha value is -2.66. The van der Waals surface area contributed by atoms with Crippen LogP contribution in [0.5, 0.6) is 0 Å². The largest absolute Gasteiger partial charge is 0.368 e. The van der Waals surface area contributed by atoms with E-state index in [2.05, 4.69) is 5.32 Å². The number of amides is 2. The van der Waals surface area contributed by atoms with E-state index in [0.29, 0.717) is 13.0 Å². The minimum Gasteiger partial charge on any atom is -0.368 e. The number of primary amides is 1. The van der Waals surface area contributed by atoms with Crippen molar-refractivity contribution in [1.29, 1.82) is 0 Å². The molecule has 0 unspecified atom stereocenters. The molecule has 0 saturated heterocycles. The molecule has 2 atom stereocenters. The zero-order valence-corrected chi connectivity index (χ0v) is 15.2. The lowest BCUT2D eigenvalue weighted by molar-refractivity contribution is -0.127. The van der Waals surface area contributed by atoms with Crippen LogP contribution >= 0.6 is 0 Å². The SMILES string of the molecule is Cc1ccccc1[C@@H](C)NC(=O)CN1Cc2ccccc2C[C@@H]1C(N)=O. The topological polar surface area (TPSA) is 75.4 Å². The van der Waals surface area contributed by atoms with Gasteiger partial charge in [0.2, 0.25) is 11.8 Å². The number of nitrogens with zero attached hydrogens (tertiary/aromatic N) is 1. The number of nitrogens with two attached hydrogens (primary N) is 1. The third kappa shape index (κ3) is 3.94. The molecule has 0 aliphatic carbocycles. The lowest BCUT2D eigenvalue weighted by Crippen LogP contribution is -2.51. The number of rotatable bonds is 5. The van der Waals surface area contributed by atoms with Crippen LogP contribution in [0.4, 0.5) is 0 Å². The van der Waals surface area contributed by atoms with Crippen molar-refractivity contribution in [1.82, 2.24) is 10.2 Å². The van der Waals surface area contributed by atoms with E-state index in [0.717, 1.165) is 22.3 Å². The van der Waals surface area contributed by atoms with E-state index in [4.69, 9.17) is 5.73 Å². The van der Waals surface area contributed by atoms with Gasteiger partial charge in [-0.15, -0.1) is 0 Å². The van der Waals surface area contributed by atoms with Crippen molar-refractivity contribution in [2.75, 3.05) is 6.54 Å². The van der Waals surface area contributed by atoms with Crippen molar-refractivity contribution in [3.05, 3.63) is 70.8 Å². The molecule has 0 saturated carbocycles. The number of fused-ring (bicyclic) bond motifs is 1. The number of carbonyl (C=O) groups is 2. The van der Waals surface area contributed by atoms with Crippen LogP contribution in [0, 0.1) is 6.92 Å². The van der Waals surface area contributed by atoms with Crippen LogP contribution in [0.2, 0.25) is 0 Å². The lowest BCUT2D eigenvalue weighted by atomic mass is 9.93. The molecule has 2 amide bonds. The molecule has 2 aromatic carbocycles. The molecule has 0 fully saturated rings. The molecule has 5 heteroatoms. The van der Waals surface area contributed by atoms with Gasteiger partial charge < -0.3 is 11.1 Å². The fourth-order valence-corrected chi connectivity index (χ4v) is 3.65. The van der Waals surface area contributed by atoms with E-state index in [1.54, 1.807) is 0 Å². The second-order valence-electron chi connectivity index (χ2n) is 6.94. The normalized spacial score (nSPS) is 18.0. The predicted molar refractivity (Wildman–Crippen MR) is 101 cm³/mol. The Morgan fingerprint density at radius 3 is 2.50 bits per heavy atom. The van der Waals surface area contributed by atoms with Crippen LogP contribution < -0.4 is 11.1 Å². The molecule has 2 aromatic rings. The monoisotopic (exact) mass is 351 g/mol. The number of hydrogen-bond donors (Lipinski definition) is 2. The van der Waals surface area contributed by atoms with Crippen LogP contribution in [-0.2, 0) is 22.6 Å². The first-order chi connectivity index (χ1) is 12.5. The van der Waals surface area contributed by atoms with Gasteiger partial charge in [-0.2, -0.15) is 0 Å². The Morgan fingerprint density at radius 1 is 1.15 bits per heavy atom. The second-order valence-corrected chi connectivity index (χ2v) is 6.94. The quantitative estimate of drug-likeness (QED) is 0.866. The van der Waals surface area contributed by atoms with Gasteiger partial charge in [-0.25, -0.2) is 0 Å². The van der Waals surface area contributed by atoms with Crippen molar-refractivity contribution >= 4 is 11.8 Å². The fourth-order valence-electron chi connectivity index (χ4n) is 3.65. The van der Waals surface area contributed by atoms with Gasteiger partial charge in [0.1, 0.15) is 0 Å². The first kappa shape index (κ1) is 18.1. The Labute approximate surface area is 154 Å². The van der Waals surface area contributed by atoms with E-state index >= 15 is 0 Å². The minimum absolute atomic E-state index is 0.0900. The van der Waals surface area contributed by atoms with Gasteiger partial charge >= 0.3 is 0 Å². The summed E-state index contributed by atoms with van der Waals surface area (Å²) in [6.07, 6.45) is 0.548. The van der Waals surface area contributed by atoms with Gasteiger partial charge in [-0.3, -0.25) is 14.5 Å². The Bertz CT molecular complexity index is 818. The molecular weight excluding hydrogens is 326 g/mol. The molecule has 0 bridgehead atoms. The first-order valence-electron chi connectivity index (χ1n) is 8.90. The van der Waals surface area contributed by atoms with Crippen molar-refractivity contribution in [3.63, 3.8) is 0 Å². The molecule has 1 aliphatic rings. The van der Waals surface area contributed by atoms with Crippen molar-refractivity contribution in [2.45, 2.75) is 38.9 Å². The van der Waals surface area contributed by atoms with Gasteiger partial charge in [0, 0.05) is 6.54 Å². The maximum atomic E-state index is 12.6.